The Morgan fingerprint density at radius 1 is 0.903 bits per heavy atom. The Morgan fingerprint density at radius 3 is 2.23 bits per heavy atom. The molecule has 1 saturated carbocycles. The van der Waals surface area contributed by atoms with E-state index in [1.165, 1.54) is 0 Å². The van der Waals surface area contributed by atoms with Gasteiger partial charge in [0.2, 0.25) is 0 Å². The van der Waals surface area contributed by atoms with Crippen LogP contribution in [0.1, 0.15) is 46.3 Å². The number of carbonyl (C=O) groups is 2. The van der Waals surface area contributed by atoms with Crippen molar-refractivity contribution in [3.8, 4) is 11.5 Å². The van der Waals surface area contributed by atoms with Crippen LogP contribution in [0.15, 0.2) is 78.9 Å². The zero-order valence-electron chi connectivity index (χ0n) is 17.0. The normalized spacial score (nSPS) is 20.3. The molecular formula is C26H23NO4. The number of amides is 1. The minimum absolute atomic E-state index is 0.0883. The van der Waals surface area contributed by atoms with Crippen LogP contribution in [0.5, 0.6) is 11.5 Å². The molecule has 3 aromatic rings. The molecule has 156 valence electrons. The topological polar surface area (TPSA) is 66.8 Å². The zero-order valence-corrected chi connectivity index (χ0v) is 17.0. The molecule has 1 aliphatic carbocycles. The van der Waals surface area contributed by atoms with Crippen molar-refractivity contribution in [3.63, 3.8) is 0 Å². The van der Waals surface area contributed by atoms with Crippen molar-refractivity contribution in [3.05, 3.63) is 95.6 Å². The van der Waals surface area contributed by atoms with Gasteiger partial charge in [0.15, 0.2) is 0 Å². The van der Waals surface area contributed by atoms with E-state index in [0.717, 1.165) is 24.2 Å². The minimum Gasteiger partial charge on any atom is -0.481 e. The number of fused-ring (bicyclic) bond motifs is 1. The number of carboxylic acid groups (broad SMARTS) is 1. The standard InChI is InChI=1S/C26H23NO4/c28-25-22-9-5-4-8-21(22)23(26(29)30)24(27(25)16-17-10-11-17)18-12-14-20(15-13-18)31-19-6-2-1-3-7-19/h1-9,12-15,17,23-24H,10-11,16H2,(H,29,30)/t23-,24+/m1/s1. The molecule has 1 aliphatic heterocycles. The molecule has 0 aromatic heterocycles. The summed E-state index contributed by atoms with van der Waals surface area (Å²) in [7, 11) is 0. The van der Waals surface area contributed by atoms with Gasteiger partial charge < -0.3 is 14.7 Å². The van der Waals surface area contributed by atoms with Crippen LogP contribution < -0.4 is 4.74 Å². The first kappa shape index (κ1) is 19.4. The number of ether oxygens (including phenoxy) is 1. The van der Waals surface area contributed by atoms with Gasteiger partial charge in [0, 0.05) is 12.1 Å². The van der Waals surface area contributed by atoms with E-state index in [1.54, 1.807) is 29.2 Å². The van der Waals surface area contributed by atoms with E-state index in [-0.39, 0.29) is 5.91 Å². The van der Waals surface area contributed by atoms with Gasteiger partial charge in [-0.15, -0.1) is 0 Å². The van der Waals surface area contributed by atoms with Crippen molar-refractivity contribution in [2.75, 3.05) is 6.54 Å². The van der Waals surface area contributed by atoms with E-state index in [1.807, 2.05) is 54.6 Å². The lowest BCUT2D eigenvalue weighted by Crippen LogP contribution is -2.45. The quantitative estimate of drug-likeness (QED) is 0.599. The number of carboxylic acids is 1. The maximum Gasteiger partial charge on any atom is 0.313 e. The molecule has 0 radical (unpaired) electrons. The van der Waals surface area contributed by atoms with Crippen molar-refractivity contribution in [1.29, 1.82) is 0 Å². The fourth-order valence-corrected chi connectivity index (χ4v) is 4.37. The zero-order chi connectivity index (χ0) is 21.4. The molecule has 31 heavy (non-hydrogen) atoms. The Bertz CT molecular complexity index is 1110. The predicted molar refractivity (Wildman–Crippen MR) is 116 cm³/mol. The third kappa shape index (κ3) is 3.79. The summed E-state index contributed by atoms with van der Waals surface area (Å²) in [5.41, 5.74) is 1.88. The summed E-state index contributed by atoms with van der Waals surface area (Å²) in [6.45, 7) is 0.587. The van der Waals surface area contributed by atoms with Gasteiger partial charge in [-0.25, -0.2) is 0 Å². The summed E-state index contributed by atoms with van der Waals surface area (Å²) in [6, 6.07) is 23.5. The summed E-state index contributed by atoms with van der Waals surface area (Å²) < 4.78 is 5.88. The minimum atomic E-state index is -0.921. The predicted octanol–water partition coefficient (Wildman–Crippen LogP) is 5.25. The van der Waals surface area contributed by atoms with Crippen LogP contribution in [0, 0.1) is 5.92 Å². The molecule has 5 heteroatoms. The van der Waals surface area contributed by atoms with Gasteiger partial charge in [0.25, 0.3) is 5.91 Å². The molecule has 5 nitrogen and oxygen atoms in total. The largest absolute Gasteiger partial charge is 0.481 e. The van der Waals surface area contributed by atoms with Gasteiger partial charge in [-0.3, -0.25) is 9.59 Å². The summed E-state index contributed by atoms with van der Waals surface area (Å²) in [5.74, 6) is 0.0271. The van der Waals surface area contributed by atoms with Gasteiger partial charge in [-0.1, -0.05) is 48.5 Å². The van der Waals surface area contributed by atoms with Crippen LogP contribution in [0.3, 0.4) is 0 Å². The van der Waals surface area contributed by atoms with Crippen molar-refractivity contribution in [1.82, 2.24) is 4.90 Å². The smallest absolute Gasteiger partial charge is 0.313 e. The maximum absolute atomic E-state index is 13.3. The highest BCUT2D eigenvalue weighted by atomic mass is 16.5. The third-order valence-electron chi connectivity index (χ3n) is 6.06. The molecule has 0 unspecified atom stereocenters. The van der Waals surface area contributed by atoms with E-state index in [2.05, 4.69) is 0 Å². The van der Waals surface area contributed by atoms with E-state index in [9.17, 15) is 14.7 Å². The summed E-state index contributed by atoms with van der Waals surface area (Å²) in [6.07, 6.45) is 2.17. The van der Waals surface area contributed by atoms with Gasteiger partial charge >= 0.3 is 5.97 Å². The van der Waals surface area contributed by atoms with Crippen LogP contribution in [0.25, 0.3) is 0 Å². The Kier molecular flexibility index (Phi) is 4.94. The van der Waals surface area contributed by atoms with Crippen LogP contribution in [-0.4, -0.2) is 28.4 Å². The monoisotopic (exact) mass is 413 g/mol. The Labute approximate surface area is 180 Å². The molecule has 1 N–H and O–H groups in total. The van der Waals surface area contributed by atoms with E-state index < -0.39 is 17.9 Å². The molecule has 2 aliphatic rings. The highest BCUT2D eigenvalue weighted by molar-refractivity contribution is 6.00. The fourth-order valence-electron chi connectivity index (χ4n) is 4.37. The molecule has 1 heterocycles. The van der Waals surface area contributed by atoms with Crippen LogP contribution in [0.4, 0.5) is 0 Å². The number of hydrogen-bond donors (Lipinski definition) is 1. The van der Waals surface area contributed by atoms with Crippen molar-refractivity contribution in [2.45, 2.75) is 24.8 Å². The molecule has 2 atom stereocenters. The molecule has 1 fully saturated rings. The molecule has 5 rings (SSSR count). The highest BCUT2D eigenvalue weighted by Gasteiger charge is 2.45. The van der Waals surface area contributed by atoms with Crippen molar-refractivity contribution in [2.24, 2.45) is 5.92 Å². The molecule has 1 amide bonds. The Hall–Kier alpha value is -3.60. The first-order chi connectivity index (χ1) is 15.1. The van der Waals surface area contributed by atoms with Gasteiger partial charge in [-0.2, -0.15) is 0 Å². The van der Waals surface area contributed by atoms with E-state index in [4.69, 9.17) is 4.74 Å². The second kappa shape index (κ2) is 7.91. The number of benzene rings is 3. The van der Waals surface area contributed by atoms with Gasteiger partial charge in [-0.05, 0) is 60.2 Å². The van der Waals surface area contributed by atoms with Gasteiger partial charge in [0.05, 0.1) is 6.04 Å². The lowest BCUT2D eigenvalue weighted by molar-refractivity contribution is -0.140. The summed E-state index contributed by atoms with van der Waals surface area (Å²) in [4.78, 5) is 27.5. The average Bonchev–Trinajstić information content (AvgIpc) is 3.61. The van der Waals surface area contributed by atoms with Crippen LogP contribution in [-0.2, 0) is 4.79 Å². The Balaban J connectivity index is 1.52. The van der Waals surface area contributed by atoms with Crippen molar-refractivity contribution >= 4 is 11.9 Å². The second-order valence-corrected chi connectivity index (χ2v) is 8.23. The van der Waals surface area contributed by atoms with Crippen LogP contribution in [0.2, 0.25) is 0 Å². The van der Waals surface area contributed by atoms with E-state index >= 15 is 0 Å². The number of para-hydroxylation sites is 1. The number of hydrogen-bond acceptors (Lipinski definition) is 3. The van der Waals surface area contributed by atoms with E-state index in [0.29, 0.717) is 29.3 Å². The van der Waals surface area contributed by atoms with Crippen molar-refractivity contribution < 1.29 is 19.4 Å². The van der Waals surface area contributed by atoms with Gasteiger partial charge in [0.1, 0.15) is 17.4 Å². The lowest BCUT2D eigenvalue weighted by Gasteiger charge is -2.41. The lowest BCUT2D eigenvalue weighted by atomic mass is 9.79. The molecule has 3 aromatic carbocycles. The van der Waals surface area contributed by atoms with Crippen LogP contribution >= 0.6 is 0 Å². The average molecular weight is 413 g/mol. The first-order valence-corrected chi connectivity index (χ1v) is 10.6. The first-order valence-electron chi connectivity index (χ1n) is 10.6. The summed E-state index contributed by atoms with van der Waals surface area (Å²) >= 11 is 0. The summed E-state index contributed by atoms with van der Waals surface area (Å²) in [5, 5.41) is 10.2. The SMILES string of the molecule is O=C(O)[C@@H]1c2ccccc2C(=O)N(CC2CC2)[C@H]1c1ccc(Oc2ccccc2)cc1. The number of rotatable bonds is 6. The number of nitrogens with zero attached hydrogens (tertiary/aromatic N) is 1. The molecule has 0 saturated heterocycles. The molecule has 0 spiro atoms. The fraction of sp³-hybridized carbons (Fsp3) is 0.231. The maximum atomic E-state index is 13.3. The highest BCUT2D eigenvalue weighted by Crippen LogP contribution is 2.45. The Morgan fingerprint density at radius 2 is 1.55 bits per heavy atom. The number of carbonyl (C=O) groups excluding carboxylic acids is 1. The molecule has 0 bridgehead atoms. The third-order valence-corrected chi connectivity index (χ3v) is 6.06. The number of aliphatic carboxylic acids is 1. The second-order valence-electron chi connectivity index (χ2n) is 8.23. The molecular weight excluding hydrogens is 390 g/mol.